The van der Waals surface area contributed by atoms with E-state index in [9.17, 15) is 14.7 Å². The van der Waals surface area contributed by atoms with E-state index in [1.807, 2.05) is 71.4 Å². The lowest BCUT2D eigenvalue weighted by Gasteiger charge is -2.07. The topological polar surface area (TPSA) is 81.4 Å². The van der Waals surface area contributed by atoms with Crippen molar-refractivity contribution in [2.24, 2.45) is 0 Å². The summed E-state index contributed by atoms with van der Waals surface area (Å²) in [6, 6.07) is 27.2. The molecular weight excluding hydrogens is 559 g/mol. The molecule has 4 aromatic carbocycles. The zero-order valence-electron chi connectivity index (χ0n) is 21.9. The van der Waals surface area contributed by atoms with Gasteiger partial charge in [-0.3, -0.25) is 0 Å². The van der Waals surface area contributed by atoms with E-state index in [4.69, 9.17) is 32.9 Å². The summed E-state index contributed by atoms with van der Waals surface area (Å²) in [5, 5.41) is 10.3. The monoisotopic (exact) mass is 582 g/mol. The molecule has 0 bridgehead atoms. The van der Waals surface area contributed by atoms with Crippen molar-refractivity contribution in [3.8, 4) is 22.4 Å². The van der Waals surface area contributed by atoms with Crippen molar-refractivity contribution in [1.29, 1.82) is 0 Å². The van der Waals surface area contributed by atoms with Gasteiger partial charge in [-0.1, -0.05) is 77.8 Å². The van der Waals surface area contributed by atoms with Crippen molar-refractivity contribution < 1.29 is 19.4 Å². The van der Waals surface area contributed by atoms with Crippen LogP contribution in [0, 0.1) is 0 Å². The molecule has 0 saturated heterocycles. The predicted molar refractivity (Wildman–Crippen MR) is 162 cm³/mol. The summed E-state index contributed by atoms with van der Waals surface area (Å²) in [5.74, 6) is -0.634. The van der Waals surface area contributed by atoms with Crippen LogP contribution in [0.5, 0.6) is 0 Å². The van der Waals surface area contributed by atoms with E-state index in [1.54, 1.807) is 42.5 Å². The Bertz CT molecular complexity index is 1760. The highest BCUT2D eigenvalue weighted by Crippen LogP contribution is 2.30. The van der Waals surface area contributed by atoms with Crippen LogP contribution in [0.25, 0.3) is 34.5 Å². The standard InChI is InChI=1S/C33H24Cl2N2O4/c1-41-33(40)24-12-7-22(8-13-24)19-37-20-30(28-15-14-27(34)18-29(28)35)36-31(37)16-9-21-5-10-23(11-6-21)25-3-2-4-26(17-25)32(38)39/h2-18,20H,19H2,1H3,(H,38,39)/b16-9+. The summed E-state index contributed by atoms with van der Waals surface area (Å²) in [4.78, 5) is 28.0. The third-order valence-corrected chi connectivity index (χ3v) is 7.07. The van der Waals surface area contributed by atoms with Crippen molar-refractivity contribution in [3.63, 3.8) is 0 Å². The lowest BCUT2D eigenvalue weighted by molar-refractivity contribution is 0.0599. The molecule has 0 spiro atoms. The van der Waals surface area contributed by atoms with E-state index < -0.39 is 5.97 Å². The number of carbonyl (C=O) groups is 2. The molecule has 8 heteroatoms. The molecule has 6 nitrogen and oxygen atoms in total. The molecule has 0 fully saturated rings. The molecule has 1 aromatic heterocycles. The summed E-state index contributed by atoms with van der Waals surface area (Å²) in [5.41, 5.74) is 5.87. The molecule has 41 heavy (non-hydrogen) atoms. The SMILES string of the molecule is COC(=O)c1ccc(Cn2cc(-c3ccc(Cl)cc3Cl)nc2/C=C/c2ccc(-c3cccc(C(=O)O)c3)cc2)cc1. The number of aromatic carboxylic acids is 1. The minimum atomic E-state index is -0.958. The first-order chi connectivity index (χ1) is 19.8. The highest BCUT2D eigenvalue weighted by Gasteiger charge is 2.13. The summed E-state index contributed by atoms with van der Waals surface area (Å²) >= 11 is 12.6. The number of hydrogen-bond acceptors (Lipinski definition) is 4. The number of ether oxygens (including phenoxy) is 1. The van der Waals surface area contributed by atoms with Crippen LogP contribution < -0.4 is 0 Å². The van der Waals surface area contributed by atoms with Crippen molar-refractivity contribution in [2.45, 2.75) is 6.54 Å². The van der Waals surface area contributed by atoms with Crippen molar-refractivity contribution in [1.82, 2.24) is 9.55 Å². The van der Waals surface area contributed by atoms with Gasteiger partial charge in [0.2, 0.25) is 0 Å². The average molecular weight is 583 g/mol. The van der Waals surface area contributed by atoms with Crippen LogP contribution in [0.2, 0.25) is 10.0 Å². The van der Waals surface area contributed by atoms with Gasteiger partial charge >= 0.3 is 11.9 Å². The Balaban J connectivity index is 1.44. The number of esters is 1. The number of imidazole rings is 1. The normalized spacial score (nSPS) is 11.1. The number of nitrogens with zero attached hydrogens (tertiary/aromatic N) is 2. The number of halogens is 2. The molecule has 0 amide bonds. The third-order valence-electron chi connectivity index (χ3n) is 6.52. The number of methoxy groups -OCH3 is 1. The zero-order valence-corrected chi connectivity index (χ0v) is 23.4. The molecule has 0 atom stereocenters. The molecule has 0 saturated carbocycles. The average Bonchev–Trinajstić information content (AvgIpc) is 3.38. The maximum Gasteiger partial charge on any atom is 0.337 e. The smallest absolute Gasteiger partial charge is 0.337 e. The molecule has 0 radical (unpaired) electrons. The lowest BCUT2D eigenvalue weighted by Crippen LogP contribution is -2.03. The Morgan fingerprint density at radius 1 is 0.878 bits per heavy atom. The number of rotatable bonds is 8. The minimum Gasteiger partial charge on any atom is -0.478 e. The van der Waals surface area contributed by atoms with Crippen LogP contribution in [0.15, 0.2) is 97.2 Å². The first kappa shape index (κ1) is 27.9. The van der Waals surface area contributed by atoms with Crippen LogP contribution in [0.4, 0.5) is 0 Å². The number of hydrogen-bond donors (Lipinski definition) is 1. The number of carboxylic acids is 1. The molecule has 0 unspecified atom stereocenters. The molecule has 0 aliphatic carbocycles. The van der Waals surface area contributed by atoms with Gasteiger partial charge in [-0.2, -0.15) is 0 Å². The van der Waals surface area contributed by atoms with Gasteiger partial charge in [-0.05, 0) is 70.8 Å². The molecular formula is C33H24Cl2N2O4. The van der Waals surface area contributed by atoms with E-state index in [0.717, 1.165) is 27.8 Å². The molecule has 1 heterocycles. The van der Waals surface area contributed by atoms with Gasteiger partial charge in [0.15, 0.2) is 0 Å². The molecule has 0 aliphatic heterocycles. The van der Waals surface area contributed by atoms with Crippen LogP contribution in [-0.4, -0.2) is 33.7 Å². The second kappa shape index (κ2) is 12.3. The largest absolute Gasteiger partial charge is 0.478 e. The van der Waals surface area contributed by atoms with E-state index in [1.165, 1.54) is 7.11 Å². The van der Waals surface area contributed by atoms with Gasteiger partial charge in [0, 0.05) is 23.3 Å². The Kier molecular flexibility index (Phi) is 8.34. The maximum absolute atomic E-state index is 11.8. The van der Waals surface area contributed by atoms with Crippen LogP contribution in [0.3, 0.4) is 0 Å². The number of benzene rings is 4. The van der Waals surface area contributed by atoms with Gasteiger partial charge < -0.3 is 14.4 Å². The van der Waals surface area contributed by atoms with E-state index in [-0.39, 0.29) is 11.5 Å². The lowest BCUT2D eigenvalue weighted by atomic mass is 10.0. The summed E-state index contributed by atoms with van der Waals surface area (Å²) < 4.78 is 6.81. The summed E-state index contributed by atoms with van der Waals surface area (Å²) in [6.45, 7) is 0.512. The second-order valence-electron chi connectivity index (χ2n) is 9.27. The Morgan fingerprint density at radius 2 is 1.63 bits per heavy atom. The van der Waals surface area contributed by atoms with Crippen molar-refractivity contribution in [2.75, 3.05) is 7.11 Å². The van der Waals surface area contributed by atoms with Gasteiger partial charge in [-0.25, -0.2) is 14.6 Å². The Labute approximate surface area is 247 Å². The van der Waals surface area contributed by atoms with Gasteiger partial charge in [-0.15, -0.1) is 0 Å². The maximum atomic E-state index is 11.8. The molecule has 1 N–H and O–H groups in total. The quantitative estimate of drug-likeness (QED) is 0.186. The van der Waals surface area contributed by atoms with Crippen LogP contribution in [0.1, 0.15) is 37.7 Å². The minimum absolute atomic E-state index is 0.245. The Hall–Kier alpha value is -4.65. The first-order valence-corrected chi connectivity index (χ1v) is 13.4. The molecule has 204 valence electrons. The fraction of sp³-hybridized carbons (Fsp3) is 0.0606. The third kappa shape index (κ3) is 6.57. The molecule has 5 rings (SSSR count). The highest BCUT2D eigenvalue weighted by molar-refractivity contribution is 6.36. The summed E-state index contributed by atoms with van der Waals surface area (Å²) in [6.07, 6.45) is 5.82. The molecule has 5 aromatic rings. The first-order valence-electron chi connectivity index (χ1n) is 12.6. The Morgan fingerprint density at radius 3 is 2.32 bits per heavy atom. The summed E-state index contributed by atoms with van der Waals surface area (Å²) in [7, 11) is 1.36. The van der Waals surface area contributed by atoms with Gasteiger partial charge in [0.25, 0.3) is 0 Å². The number of carboxylic acid groups (broad SMARTS) is 1. The number of aromatic nitrogens is 2. The second-order valence-corrected chi connectivity index (χ2v) is 10.1. The van der Waals surface area contributed by atoms with Gasteiger partial charge in [0.05, 0.1) is 29.0 Å². The van der Waals surface area contributed by atoms with E-state index in [2.05, 4.69) is 0 Å². The highest BCUT2D eigenvalue weighted by atomic mass is 35.5. The van der Waals surface area contributed by atoms with E-state index >= 15 is 0 Å². The van der Waals surface area contributed by atoms with Gasteiger partial charge in [0.1, 0.15) is 5.82 Å². The fourth-order valence-corrected chi connectivity index (χ4v) is 4.87. The molecule has 0 aliphatic rings. The van der Waals surface area contributed by atoms with Crippen LogP contribution >= 0.6 is 23.2 Å². The van der Waals surface area contributed by atoms with Crippen molar-refractivity contribution in [3.05, 3.63) is 135 Å². The fourth-order valence-electron chi connectivity index (χ4n) is 4.37. The van der Waals surface area contributed by atoms with E-state index in [0.29, 0.717) is 33.7 Å². The predicted octanol–water partition coefficient (Wildman–Crippen LogP) is 8.23. The number of carbonyl (C=O) groups excluding carboxylic acids is 1. The zero-order chi connectivity index (χ0) is 28.9. The van der Waals surface area contributed by atoms with Crippen LogP contribution in [-0.2, 0) is 11.3 Å². The van der Waals surface area contributed by atoms with Crippen molar-refractivity contribution >= 4 is 47.3 Å².